The summed E-state index contributed by atoms with van der Waals surface area (Å²) in [6, 6.07) is 3.47. The molecule has 1 amide bonds. The number of cyclic esters (lactones) is 1. The van der Waals surface area contributed by atoms with Crippen LogP contribution < -0.4 is 14.8 Å². The van der Waals surface area contributed by atoms with Gasteiger partial charge in [-0.15, -0.1) is 11.6 Å². The number of esters is 1. The SMILES string of the molecule is O=C(CCl)NC1c2cc3c(cc2CC2C(=O)OCC21)OCO3. The van der Waals surface area contributed by atoms with Crippen LogP contribution in [0.4, 0.5) is 0 Å². The maximum atomic E-state index is 11.9. The Morgan fingerprint density at radius 3 is 2.82 bits per heavy atom. The molecule has 1 saturated heterocycles. The van der Waals surface area contributed by atoms with Crippen molar-refractivity contribution in [1.29, 1.82) is 0 Å². The zero-order valence-electron chi connectivity index (χ0n) is 11.6. The molecule has 0 radical (unpaired) electrons. The molecule has 1 fully saturated rings. The van der Waals surface area contributed by atoms with Gasteiger partial charge in [-0.05, 0) is 29.7 Å². The first kappa shape index (κ1) is 13.7. The highest BCUT2D eigenvalue weighted by molar-refractivity contribution is 6.27. The largest absolute Gasteiger partial charge is 0.465 e. The van der Waals surface area contributed by atoms with Crippen LogP contribution in [0, 0.1) is 11.8 Å². The van der Waals surface area contributed by atoms with E-state index in [2.05, 4.69) is 5.32 Å². The highest BCUT2D eigenvalue weighted by Crippen LogP contribution is 2.46. The first-order chi connectivity index (χ1) is 10.7. The Kier molecular flexibility index (Phi) is 3.14. The molecule has 3 aliphatic rings. The number of carbonyl (C=O) groups excluding carboxylic acids is 2. The molecule has 1 aromatic rings. The quantitative estimate of drug-likeness (QED) is 0.653. The molecule has 2 aliphatic heterocycles. The molecule has 0 aromatic heterocycles. The minimum absolute atomic E-state index is 0.0764. The number of ether oxygens (including phenoxy) is 3. The summed E-state index contributed by atoms with van der Waals surface area (Å²) in [5.41, 5.74) is 1.92. The zero-order valence-corrected chi connectivity index (χ0v) is 12.4. The van der Waals surface area contributed by atoms with Gasteiger partial charge in [0.05, 0.1) is 18.6 Å². The monoisotopic (exact) mass is 323 g/mol. The van der Waals surface area contributed by atoms with E-state index >= 15 is 0 Å². The summed E-state index contributed by atoms with van der Waals surface area (Å²) in [6.07, 6.45) is 0.586. The molecular weight excluding hydrogens is 310 g/mol. The van der Waals surface area contributed by atoms with E-state index in [9.17, 15) is 9.59 Å². The molecule has 116 valence electrons. The summed E-state index contributed by atoms with van der Waals surface area (Å²) < 4.78 is 16.0. The third-order valence-corrected chi connectivity index (χ3v) is 4.76. The summed E-state index contributed by atoms with van der Waals surface area (Å²) in [7, 11) is 0. The summed E-state index contributed by atoms with van der Waals surface area (Å²) in [5, 5.41) is 2.91. The van der Waals surface area contributed by atoms with E-state index in [1.54, 1.807) is 0 Å². The number of nitrogens with one attached hydrogen (secondary N) is 1. The van der Waals surface area contributed by atoms with E-state index in [1.165, 1.54) is 0 Å². The van der Waals surface area contributed by atoms with E-state index < -0.39 is 0 Å². The highest BCUT2D eigenvalue weighted by atomic mass is 35.5. The molecule has 1 aliphatic carbocycles. The van der Waals surface area contributed by atoms with Gasteiger partial charge in [0.15, 0.2) is 11.5 Å². The zero-order chi connectivity index (χ0) is 15.3. The molecule has 1 aromatic carbocycles. The lowest BCUT2D eigenvalue weighted by Crippen LogP contribution is -2.41. The molecule has 0 saturated carbocycles. The van der Waals surface area contributed by atoms with Crippen molar-refractivity contribution in [3.63, 3.8) is 0 Å². The predicted molar refractivity (Wildman–Crippen MR) is 75.8 cm³/mol. The van der Waals surface area contributed by atoms with Gasteiger partial charge >= 0.3 is 5.97 Å². The van der Waals surface area contributed by atoms with Gasteiger partial charge in [0.1, 0.15) is 5.88 Å². The second kappa shape index (κ2) is 5.05. The lowest BCUT2D eigenvalue weighted by Gasteiger charge is -2.33. The number of alkyl halides is 1. The van der Waals surface area contributed by atoms with Crippen LogP contribution in [0.1, 0.15) is 17.2 Å². The Morgan fingerprint density at radius 2 is 2.05 bits per heavy atom. The van der Waals surface area contributed by atoms with E-state index in [1.807, 2.05) is 12.1 Å². The number of carbonyl (C=O) groups is 2. The number of amides is 1. The minimum atomic E-state index is -0.305. The number of rotatable bonds is 2. The average Bonchev–Trinajstić information content (AvgIpc) is 3.12. The van der Waals surface area contributed by atoms with E-state index in [4.69, 9.17) is 25.8 Å². The van der Waals surface area contributed by atoms with Crippen molar-refractivity contribution >= 4 is 23.5 Å². The summed E-state index contributed by atoms with van der Waals surface area (Å²) in [5.74, 6) is 0.413. The van der Waals surface area contributed by atoms with Crippen molar-refractivity contribution in [2.75, 3.05) is 19.3 Å². The second-order valence-electron chi connectivity index (χ2n) is 5.69. The van der Waals surface area contributed by atoms with Crippen LogP contribution in [0.25, 0.3) is 0 Å². The first-order valence-electron chi connectivity index (χ1n) is 7.11. The van der Waals surface area contributed by atoms with Crippen LogP contribution in [0.3, 0.4) is 0 Å². The fourth-order valence-electron chi connectivity index (χ4n) is 3.47. The number of fused-ring (bicyclic) bond motifs is 3. The maximum absolute atomic E-state index is 11.9. The fourth-order valence-corrected chi connectivity index (χ4v) is 3.55. The first-order valence-corrected chi connectivity index (χ1v) is 7.65. The van der Waals surface area contributed by atoms with Gasteiger partial charge in [0.2, 0.25) is 12.7 Å². The fraction of sp³-hybridized carbons (Fsp3) is 0.467. The predicted octanol–water partition coefficient (Wildman–Crippen LogP) is 1.16. The van der Waals surface area contributed by atoms with Gasteiger partial charge in [-0.1, -0.05) is 0 Å². The maximum Gasteiger partial charge on any atom is 0.309 e. The van der Waals surface area contributed by atoms with E-state index in [0.29, 0.717) is 24.5 Å². The second-order valence-corrected chi connectivity index (χ2v) is 5.95. The van der Waals surface area contributed by atoms with Crippen molar-refractivity contribution in [3.05, 3.63) is 23.3 Å². The molecule has 0 bridgehead atoms. The Hall–Kier alpha value is -1.95. The summed E-state index contributed by atoms with van der Waals surface area (Å²) in [6.45, 7) is 0.496. The van der Waals surface area contributed by atoms with Crippen molar-refractivity contribution in [1.82, 2.24) is 5.32 Å². The number of halogens is 1. The molecule has 6 nitrogen and oxygen atoms in total. The third-order valence-electron chi connectivity index (χ3n) is 4.51. The van der Waals surface area contributed by atoms with Crippen LogP contribution in [-0.2, 0) is 20.7 Å². The van der Waals surface area contributed by atoms with Crippen LogP contribution in [0.2, 0.25) is 0 Å². The van der Waals surface area contributed by atoms with Gasteiger partial charge in [0.25, 0.3) is 0 Å². The average molecular weight is 324 g/mol. The third kappa shape index (κ3) is 2.01. The summed E-state index contributed by atoms with van der Waals surface area (Å²) >= 11 is 5.61. The van der Waals surface area contributed by atoms with Crippen LogP contribution in [0.15, 0.2) is 12.1 Å². The normalized spacial score (nSPS) is 27.9. The van der Waals surface area contributed by atoms with Crippen LogP contribution >= 0.6 is 11.6 Å². The molecule has 22 heavy (non-hydrogen) atoms. The van der Waals surface area contributed by atoms with E-state index in [0.717, 1.165) is 11.1 Å². The smallest absolute Gasteiger partial charge is 0.309 e. The molecule has 3 unspecified atom stereocenters. The molecule has 3 atom stereocenters. The topological polar surface area (TPSA) is 73.9 Å². The van der Waals surface area contributed by atoms with Crippen molar-refractivity contribution < 1.29 is 23.8 Å². The number of hydrogen-bond donors (Lipinski definition) is 1. The van der Waals surface area contributed by atoms with Crippen LogP contribution in [0.5, 0.6) is 11.5 Å². The van der Waals surface area contributed by atoms with Crippen LogP contribution in [-0.4, -0.2) is 31.2 Å². The van der Waals surface area contributed by atoms with Crippen molar-refractivity contribution in [3.8, 4) is 11.5 Å². The molecule has 7 heteroatoms. The van der Waals surface area contributed by atoms with Gasteiger partial charge in [-0.2, -0.15) is 0 Å². The lowest BCUT2D eigenvalue weighted by atomic mass is 9.74. The number of hydrogen-bond acceptors (Lipinski definition) is 5. The standard InChI is InChI=1S/C15H14ClNO5/c16-4-13(18)17-14-8-3-12-11(21-6-22-12)2-7(8)1-9-10(14)5-20-15(9)19/h2-3,9-10,14H,1,4-6H2,(H,17,18). The minimum Gasteiger partial charge on any atom is -0.465 e. The van der Waals surface area contributed by atoms with Gasteiger partial charge in [0, 0.05) is 5.92 Å². The lowest BCUT2D eigenvalue weighted by molar-refractivity contribution is -0.141. The Morgan fingerprint density at radius 1 is 1.27 bits per heavy atom. The molecule has 1 N–H and O–H groups in total. The van der Waals surface area contributed by atoms with Crippen molar-refractivity contribution in [2.45, 2.75) is 12.5 Å². The summed E-state index contributed by atoms with van der Waals surface area (Å²) in [4.78, 5) is 23.7. The van der Waals surface area contributed by atoms with Gasteiger partial charge in [-0.25, -0.2) is 0 Å². The molecule has 2 heterocycles. The molecule has 4 rings (SSSR count). The van der Waals surface area contributed by atoms with Gasteiger partial charge < -0.3 is 19.5 Å². The molecule has 0 spiro atoms. The highest BCUT2D eigenvalue weighted by Gasteiger charge is 2.47. The Bertz CT molecular complexity index is 662. The Balaban J connectivity index is 1.78. The van der Waals surface area contributed by atoms with Crippen molar-refractivity contribution in [2.24, 2.45) is 11.8 Å². The van der Waals surface area contributed by atoms with E-state index in [-0.39, 0.29) is 42.4 Å². The molecular formula is C15H14ClNO5. The Labute approximate surface area is 131 Å². The number of benzene rings is 1. The van der Waals surface area contributed by atoms with Gasteiger partial charge in [-0.3, -0.25) is 9.59 Å².